The average molecular weight is 159 g/mol. The molecular formula is C7H13NO3. The quantitative estimate of drug-likeness (QED) is 0.581. The van der Waals surface area contributed by atoms with Gasteiger partial charge >= 0.3 is 6.09 Å². The molecule has 2 atom stereocenters. The number of hydrogen-bond donors (Lipinski definition) is 2. The highest BCUT2D eigenvalue weighted by Gasteiger charge is 2.13. The highest BCUT2D eigenvalue weighted by Crippen LogP contribution is 1.93. The summed E-state index contributed by atoms with van der Waals surface area (Å²) in [4.78, 5) is 10.6. The Hall–Kier alpha value is -1.03. The minimum absolute atomic E-state index is 0.456. The lowest BCUT2D eigenvalue weighted by Crippen LogP contribution is -2.40. The molecule has 0 heterocycles. The minimum Gasteiger partial charge on any atom is -0.453 e. The summed E-state index contributed by atoms with van der Waals surface area (Å²) in [5, 5.41) is 11.4. The SMILES string of the molecule is C=CC(NC(=O)OC)C(C)O. The lowest BCUT2D eigenvalue weighted by atomic mass is 10.2. The van der Waals surface area contributed by atoms with Crippen molar-refractivity contribution in [1.29, 1.82) is 0 Å². The fraction of sp³-hybridized carbons (Fsp3) is 0.571. The Morgan fingerprint density at radius 3 is 2.64 bits per heavy atom. The molecule has 0 saturated carbocycles. The summed E-state index contributed by atoms with van der Waals surface area (Å²) in [6, 6.07) is -0.456. The molecule has 0 aliphatic rings. The molecule has 2 N–H and O–H groups in total. The van der Waals surface area contributed by atoms with E-state index in [-0.39, 0.29) is 0 Å². The van der Waals surface area contributed by atoms with E-state index in [0.717, 1.165) is 0 Å². The lowest BCUT2D eigenvalue weighted by Gasteiger charge is -2.15. The van der Waals surface area contributed by atoms with Crippen molar-refractivity contribution >= 4 is 6.09 Å². The van der Waals surface area contributed by atoms with Crippen LogP contribution >= 0.6 is 0 Å². The first-order valence-electron chi connectivity index (χ1n) is 3.27. The molecule has 2 unspecified atom stereocenters. The molecule has 0 fully saturated rings. The van der Waals surface area contributed by atoms with E-state index in [2.05, 4.69) is 16.6 Å². The molecule has 11 heavy (non-hydrogen) atoms. The van der Waals surface area contributed by atoms with Gasteiger partial charge in [-0.15, -0.1) is 6.58 Å². The van der Waals surface area contributed by atoms with Gasteiger partial charge in [0.15, 0.2) is 0 Å². The summed E-state index contributed by atoms with van der Waals surface area (Å²) < 4.78 is 4.32. The third-order valence-electron chi connectivity index (χ3n) is 1.24. The third kappa shape index (κ3) is 3.62. The molecule has 0 aliphatic carbocycles. The Balaban J connectivity index is 3.87. The molecule has 0 bridgehead atoms. The molecular weight excluding hydrogens is 146 g/mol. The van der Waals surface area contributed by atoms with Crippen molar-refractivity contribution in [2.45, 2.75) is 19.1 Å². The highest BCUT2D eigenvalue weighted by atomic mass is 16.5. The van der Waals surface area contributed by atoms with Crippen molar-refractivity contribution in [1.82, 2.24) is 5.32 Å². The first-order chi connectivity index (χ1) is 5.11. The fourth-order valence-electron chi connectivity index (χ4n) is 0.571. The first kappa shape index (κ1) is 9.97. The van der Waals surface area contributed by atoms with Gasteiger partial charge in [-0.25, -0.2) is 4.79 Å². The maximum atomic E-state index is 10.6. The van der Waals surface area contributed by atoms with Crippen LogP contribution in [-0.4, -0.2) is 30.5 Å². The summed E-state index contributed by atoms with van der Waals surface area (Å²) in [6.07, 6.45) is 0.212. The summed E-state index contributed by atoms with van der Waals surface area (Å²) in [7, 11) is 1.26. The zero-order valence-corrected chi connectivity index (χ0v) is 6.70. The van der Waals surface area contributed by atoms with Crippen molar-refractivity contribution in [2.24, 2.45) is 0 Å². The number of alkyl carbamates (subject to hydrolysis) is 1. The molecule has 0 rings (SSSR count). The standard InChI is InChI=1S/C7H13NO3/c1-4-6(5(2)9)8-7(10)11-3/h4-6,9H,1H2,2-3H3,(H,8,10). The van der Waals surface area contributed by atoms with Crippen LogP contribution in [-0.2, 0) is 4.74 Å². The van der Waals surface area contributed by atoms with E-state index in [1.54, 1.807) is 6.92 Å². The van der Waals surface area contributed by atoms with Gasteiger partial charge in [-0.2, -0.15) is 0 Å². The normalized spacial score (nSPS) is 14.8. The lowest BCUT2D eigenvalue weighted by molar-refractivity contribution is 0.138. The highest BCUT2D eigenvalue weighted by molar-refractivity contribution is 5.67. The van der Waals surface area contributed by atoms with Crippen LogP contribution in [0.4, 0.5) is 4.79 Å². The predicted molar refractivity (Wildman–Crippen MR) is 41.2 cm³/mol. The molecule has 0 radical (unpaired) electrons. The van der Waals surface area contributed by atoms with Gasteiger partial charge in [0, 0.05) is 0 Å². The molecule has 0 aromatic heterocycles. The zero-order chi connectivity index (χ0) is 8.85. The van der Waals surface area contributed by atoms with Gasteiger partial charge in [0.2, 0.25) is 0 Å². The van der Waals surface area contributed by atoms with Crippen molar-refractivity contribution < 1.29 is 14.6 Å². The number of nitrogens with one attached hydrogen (secondary N) is 1. The van der Waals surface area contributed by atoms with Crippen LogP contribution in [0.5, 0.6) is 0 Å². The molecule has 0 aromatic rings. The maximum Gasteiger partial charge on any atom is 0.407 e. The van der Waals surface area contributed by atoms with Crippen molar-refractivity contribution in [3.05, 3.63) is 12.7 Å². The number of carbonyl (C=O) groups excluding carboxylic acids is 1. The Morgan fingerprint density at radius 1 is 1.82 bits per heavy atom. The summed E-state index contributed by atoms with van der Waals surface area (Å²) in [5.41, 5.74) is 0. The topological polar surface area (TPSA) is 58.6 Å². The van der Waals surface area contributed by atoms with E-state index < -0.39 is 18.2 Å². The molecule has 4 heteroatoms. The van der Waals surface area contributed by atoms with Gasteiger partial charge in [-0.05, 0) is 6.92 Å². The van der Waals surface area contributed by atoms with Crippen LogP contribution in [0.2, 0.25) is 0 Å². The number of amides is 1. The molecule has 64 valence electrons. The fourth-order valence-corrected chi connectivity index (χ4v) is 0.571. The van der Waals surface area contributed by atoms with Crippen LogP contribution in [0.1, 0.15) is 6.92 Å². The van der Waals surface area contributed by atoms with Gasteiger partial charge in [0.25, 0.3) is 0 Å². The van der Waals surface area contributed by atoms with E-state index >= 15 is 0 Å². The minimum atomic E-state index is -0.661. The number of aliphatic hydroxyl groups is 1. The number of aliphatic hydroxyl groups excluding tert-OH is 1. The first-order valence-corrected chi connectivity index (χ1v) is 3.27. The monoisotopic (exact) mass is 159 g/mol. The Morgan fingerprint density at radius 2 is 2.36 bits per heavy atom. The van der Waals surface area contributed by atoms with Crippen molar-refractivity contribution in [2.75, 3.05) is 7.11 Å². The van der Waals surface area contributed by atoms with Crippen LogP contribution in [0, 0.1) is 0 Å². The molecule has 0 saturated heterocycles. The second-order valence-corrected chi connectivity index (χ2v) is 2.14. The van der Waals surface area contributed by atoms with Gasteiger partial charge < -0.3 is 15.2 Å². The number of hydrogen-bond acceptors (Lipinski definition) is 3. The Bertz CT molecular complexity index is 145. The van der Waals surface area contributed by atoms with E-state index in [1.165, 1.54) is 13.2 Å². The van der Waals surface area contributed by atoms with E-state index in [0.29, 0.717) is 0 Å². The smallest absolute Gasteiger partial charge is 0.407 e. The Kier molecular flexibility index (Phi) is 4.29. The van der Waals surface area contributed by atoms with Gasteiger partial charge in [0.05, 0.1) is 19.3 Å². The number of carbonyl (C=O) groups is 1. The summed E-state index contributed by atoms with van der Waals surface area (Å²) >= 11 is 0. The Labute approximate surface area is 65.9 Å². The molecule has 0 spiro atoms. The number of rotatable bonds is 3. The average Bonchev–Trinajstić information content (AvgIpc) is 1.99. The number of ether oxygens (including phenoxy) is 1. The largest absolute Gasteiger partial charge is 0.453 e. The van der Waals surface area contributed by atoms with Gasteiger partial charge in [-0.3, -0.25) is 0 Å². The second-order valence-electron chi connectivity index (χ2n) is 2.14. The van der Waals surface area contributed by atoms with Crippen LogP contribution in [0.15, 0.2) is 12.7 Å². The molecule has 0 aromatic carbocycles. The maximum absolute atomic E-state index is 10.6. The van der Waals surface area contributed by atoms with Crippen molar-refractivity contribution in [3.8, 4) is 0 Å². The van der Waals surface area contributed by atoms with Crippen LogP contribution < -0.4 is 5.32 Å². The van der Waals surface area contributed by atoms with Gasteiger partial charge in [0.1, 0.15) is 0 Å². The van der Waals surface area contributed by atoms with E-state index in [1.807, 2.05) is 0 Å². The van der Waals surface area contributed by atoms with Crippen LogP contribution in [0.3, 0.4) is 0 Å². The third-order valence-corrected chi connectivity index (χ3v) is 1.24. The molecule has 1 amide bonds. The van der Waals surface area contributed by atoms with Crippen LogP contribution in [0.25, 0.3) is 0 Å². The number of methoxy groups -OCH3 is 1. The predicted octanol–water partition coefficient (Wildman–Crippen LogP) is 0.278. The molecule has 4 nitrogen and oxygen atoms in total. The van der Waals surface area contributed by atoms with Crippen molar-refractivity contribution in [3.63, 3.8) is 0 Å². The second kappa shape index (κ2) is 4.73. The van der Waals surface area contributed by atoms with E-state index in [9.17, 15) is 4.79 Å². The zero-order valence-electron chi connectivity index (χ0n) is 6.70. The van der Waals surface area contributed by atoms with E-state index in [4.69, 9.17) is 5.11 Å². The summed E-state index contributed by atoms with van der Waals surface area (Å²) in [5.74, 6) is 0. The summed E-state index contributed by atoms with van der Waals surface area (Å²) in [6.45, 7) is 5.00. The van der Waals surface area contributed by atoms with Gasteiger partial charge in [-0.1, -0.05) is 6.08 Å². The molecule has 0 aliphatic heterocycles.